The van der Waals surface area contributed by atoms with Gasteiger partial charge in [-0.2, -0.15) is 4.39 Å². The van der Waals surface area contributed by atoms with Crippen LogP contribution in [0.4, 0.5) is 15.8 Å². The molecule has 0 aliphatic heterocycles. The summed E-state index contributed by atoms with van der Waals surface area (Å²) in [7, 11) is 3.94. The lowest BCUT2D eigenvalue weighted by molar-refractivity contribution is 0.104. The summed E-state index contributed by atoms with van der Waals surface area (Å²) >= 11 is 0. The summed E-state index contributed by atoms with van der Waals surface area (Å²) < 4.78 is 12.7. The van der Waals surface area contributed by atoms with Gasteiger partial charge in [0.1, 0.15) is 0 Å². The Labute approximate surface area is 122 Å². The first kappa shape index (κ1) is 14.7. The third-order valence-electron chi connectivity index (χ3n) is 2.88. The van der Waals surface area contributed by atoms with Gasteiger partial charge in [-0.1, -0.05) is 0 Å². The zero-order valence-electron chi connectivity index (χ0n) is 11.9. The molecule has 0 radical (unpaired) electrons. The number of aromatic nitrogens is 1. The van der Waals surface area contributed by atoms with Gasteiger partial charge >= 0.3 is 0 Å². The first-order valence-electron chi connectivity index (χ1n) is 6.42. The zero-order chi connectivity index (χ0) is 15.2. The number of carbonyl (C=O) groups excluding carboxylic acids is 1. The van der Waals surface area contributed by atoms with E-state index in [4.69, 9.17) is 0 Å². The van der Waals surface area contributed by atoms with E-state index in [0.717, 1.165) is 17.4 Å². The predicted molar refractivity (Wildman–Crippen MR) is 82.1 cm³/mol. The molecule has 2 rings (SSSR count). The molecule has 0 atom stereocenters. The molecule has 5 heteroatoms. The molecule has 1 heterocycles. The summed E-state index contributed by atoms with van der Waals surface area (Å²) in [5.41, 5.74) is 2.32. The van der Waals surface area contributed by atoms with E-state index in [1.54, 1.807) is 6.20 Å². The van der Waals surface area contributed by atoms with E-state index in [-0.39, 0.29) is 5.78 Å². The van der Waals surface area contributed by atoms with Crippen molar-refractivity contribution in [2.24, 2.45) is 0 Å². The lowest BCUT2D eigenvalue weighted by Crippen LogP contribution is -2.08. The zero-order valence-corrected chi connectivity index (χ0v) is 11.9. The second-order valence-corrected chi connectivity index (χ2v) is 4.65. The molecule has 21 heavy (non-hydrogen) atoms. The summed E-state index contributed by atoms with van der Waals surface area (Å²) in [5, 5.41) is 3.01. The molecule has 0 unspecified atom stereocenters. The van der Waals surface area contributed by atoms with Gasteiger partial charge in [0.05, 0.1) is 0 Å². The standard InChI is InChI=1S/C16H16FN3O/c1-20(2)14-6-4-13(5-7-14)18-10-9-15(21)12-3-8-16(17)19-11-12/h3-11,18H,1-2H3/b10-9+. The molecule has 1 aromatic heterocycles. The maximum absolute atomic E-state index is 12.7. The third-order valence-corrected chi connectivity index (χ3v) is 2.88. The fourth-order valence-electron chi connectivity index (χ4n) is 1.69. The first-order valence-corrected chi connectivity index (χ1v) is 6.42. The monoisotopic (exact) mass is 285 g/mol. The second kappa shape index (κ2) is 6.65. The minimum Gasteiger partial charge on any atom is -0.378 e. The van der Waals surface area contributed by atoms with Crippen LogP contribution in [0.1, 0.15) is 10.4 Å². The number of anilines is 2. The molecule has 1 N–H and O–H groups in total. The third kappa shape index (κ3) is 4.14. The highest BCUT2D eigenvalue weighted by molar-refractivity contribution is 6.04. The molecule has 0 bridgehead atoms. The maximum Gasteiger partial charge on any atom is 0.212 e. The van der Waals surface area contributed by atoms with Crippen LogP contribution in [-0.2, 0) is 0 Å². The average Bonchev–Trinajstić information content (AvgIpc) is 2.48. The molecule has 0 fully saturated rings. The number of allylic oxidation sites excluding steroid dienone is 1. The van der Waals surface area contributed by atoms with Gasteiger partial charge in [0.15, 0.2) is 5.78 Å². The highest BCUT2D eigenvalue weighted by atomic mass is 19.1. The van der Waals surface area contributed by atoms with Crippen molar-refractivity contribution in [2.75, 3.05) is 24.3 Å². The normalized spacial score (nSPS) is 10.6. The lowest BCUT2D eigenvalue weighted by atomic mass is 10.2. The fraction of sp³-hybridized carbons (Fsp3) is 0.125. The van der Waals surface area contributed by atoms with Gasteiger partial charge in [0.25, 0.3) is 0 Å². The minimum absolute atomic E-state index is 0.236. The van der Waals surface area contributed by atoms with E-state index in [1.165, 1.54) is 18.3 Å². The van der Waals surface area contributed by atoms with E-state index in [9.17, 15) is 9.18 Å². The molecule has 0 saturated heterocycles. The number of nitrogens with one attached hydrogen (secondary N) is 1. The van der Waals surface area contributed by atoms with Crippen LogP contribution in [0.15, 0.2) is 54.9 Å². The van der Waals surface area contributed by atoms with E-state index in [1.807, 2.05) is 43.3 Å². The number of ketones is 1. The first-order chi connectivity index (χ1) is 10.1. The van der Waals surface area contributed by atoms with Gasteiger partial charge < -0.3 is 10.2 Å². The fourth-order valence-corrected chi connectivity index (χ4v) is 1.69. The van der Waals surface area contributed by atoms with Crippen LogP contribution in [-0.4, -0.2) is 24.9 Å². The molecular formula is C16H16FN3O. The Balaban J connectivity index is 1.95. The number of hydrogen-bond donors (Lipinski definition) is 1. The molecule has 2 aromatic rings. The molecule has 0 amide bonds. The van der Waals surface area contributed by atoms with Gasteiger partial charge in [-0.3, -0.25) is 4.79 Å². The number of pyridine rings is 1. The summed E-state index contributed by atoms with van der Waals surface area (Å²) in [4.78, 5) is 17.2. The van der Waals surface area contributed by atoms with Crippen LogP contribution in [0.25, 0.3) is 0 Å². The van der Waals surface area contributed by atoms with Crippen LogP contribution in [0.5, 0.6) is 0 Å². The number of carbonyl (C=O) groups is 1. The van der Waals surface area contributed by atoms with Crippen LogP contribution in [0.3, 0.4) is 0 Å². The topological polar surface area (TPSA) is 45.2 Å². The van der Waals surface area contributed by atoms with Gasteiger partial charge in [0.2, 0.25) is 5.95 Å². The van der Waals surface area contributed by atoms with Crippen molar-refractivity contribution in [3.8, 4) is 0 Å². The van der Waals surface area contributed by atoms with E-state index < -0.39 is 5.95 Å². The van der Waals surface area contributed by atoms with Gasteiger partial charge in [-0.15, -0.1) is 0 Å². The van der Waals surface area contributed by atoms with Crippen LogP contribution in [0, 0.1) is 5.95 Å². The Bertz CT molecular complexity index is 634. The van der Waals surface area contributed by atoms with Crippen molar-refractivity contribution < 1.29 is 9.18 Å². The van der Waals surface area contributed by atoms with Crippen molar-refractivity contribution in [2.45, 2.75) is 0 Å². The number of rotatable bonds is 5. The summed E-state index contributed by atoms with van der Waals surface area (Å²) in [5.74, 6) is -0.838. The predicted octanol–water partition coefficient (Wildman–Crippen LogP) is 3.10. The highest BCUT2D eigenvalue weighted by Crippen LogP contribution is 2.15. The number of hydrogen-bond acceptors (Lipinski definition) is 4. The molecule has 0 aliphatic rings. The molecule has 108 valence electrons. The van der Waals surface area contributed by atoms with E-state index >= 15 is 0 Å². The second-order valence-electron chi connectivity index (χ2n) is 4.65. The number of benzene rings is 1. The molecule has 0 aliphatic carbocycles. The van der Waals surface area contributed by atoms with Crippen molar-refractivity contribution >= 4 is 17.2 Å². The van der Waals surface area contributed by atoms with Crippen LogP contribution >= 0.6 is 0 Å². The number of nitrogens with zero attached hydrogens (tertiary/aromatic N) is 2. The van der Waals surface area contributed by atoms with Crippen molar-refractivity contribution in [3.05, 3.63) is 66.4 Å². The Hall–Kier alpha value is -2.69. The Morgan fingerprint density at radius 1 is 1.19 bits per heavy atom. The largest absolute Gasteiger partial charge is 0.378 e. The van der Waals surface area contributed by atoms with Crippen molar-refractivity contribution in [1.82, 2.24) is 4.98 Å². The van der Waals surface area contributed by atoms with Crippen LogP contribution < -0.4 is 10.2 Å². The molecule has 4 nitrogen and oxygen atoms in total. The molecule has 0 spiro atoms. The lowest BCUT2D eigenvalue weighted by Gasteiger charge is -2.12. The maximum atomic E-state index is 12.7. The summed E-state index contributed by atoms with van der Waals surface area (Å²) in [6.07, 6.45) is 4.15. The average molecular weight is 285 g/mol. The van der Waals surface area contributed by atoms with Crippen LogP contribution in [0.2, 0.25) is 0 Å². The van der Waals surface area contributed by atoms with Crippen molar-refractivity contribution in [1.29, 1.82) is 0 Å². The molecule has 0 saturated carbocycles. The van der Waals surface area contributed by atoms with Gasteiger partial charge in [0, 0.05) is 49.5 Å². The van der Waals surface area contributed by atoms with Gasteiger partial charge in [-0.05, 0) is 36.4 Å². The molecule has 1 aromatic carbocycles. The quantitative estimate of drug-likeness (QED) is 0.521. The highest BCUT2D eigenvalue weighted by Gasteiger charge is 2.02. The van der Waals surface area contributed by atoms with E-state index in [2.05, 4.69) is 10.3 Å². The van der Waals surface area contributed by atoms with Gasteiger partial charge in [-0.25, -0.2) is 4.98 Å². The summed E-state index contributed by atoms with van der Waals surface area (Å²) in [6, 6.07) is 10.4. The smallest absolute Gasteiger partial charge is 0.212 e. The SMILES string of the molecule is CN(C)c1ccc(N/C=C/C(=O)c2ccc(F)nc2)cc1. The Morgan fingerprint density at radius 3 is 2.48 bits per heavy atom. The Kier molecular flexibility index (Phi) is 4.66. The Morgan fingerprint density at radius 2 is 1.90 bits per heavy atom. The van der Waals surface area contributed by atoms with Crippen molar-refractivity contribution in [3.63, 3.8) is 0 Å². The number of halogens is 1. The minimum atomic E-state index is -0.602. The summed E-state index contributed by atoms with van der Waals surface area (Å²) in [6.45, 7) is 0. The molecular weight excluding hydrogens is 269 g/mol. The van der Waals surface area contributed by atoms with E-state index in [0.29, 0.717) is 5.56 Å².